The van der Waals surface area contributed by atoms with E-state index in [1.165, 1.54) is 0 Å². The number of pyridine rings is 1. The van der Waals surface area contributed by atoms with Gasteiger partial charge in [0.05, 0.1) is 18.3 Å². The second kappa shape index (κ2) is 10.4. The maximum absolute atomic E-state index is 6.10. The highest BCUT2D eigenvalue weighted by Gasteiger charge is 2.25. The molecule has 8 heteroatoms. The molecule has 0 aliphatic carbocycles. The third-order valence-electron chi connectivity index (χ3n) is 5.92. The Bertz CT molecular complexity index is 1270. The Balaban J connectivity index is 1.27. The second-order valence-corrected chi connectivity index (χ2v) is 8.41. The van der Waals surface area contributed by atoms with Crippen molar-refractivity contribution in [3.63, 3.8) is 0 Å². The van der Waals surface area contributed by atoms with Crippen LogP contribution in [0.15, 0.2) is 79.0 Å². The predicted molar refractivity (Wildman–Crippen MR) is 138 cm³/mol. The summed E-state index contributed by atoms with van der Waals surface area (Å²) in [6.07, 6.45) is 4.03. The van der Waals surface area contributed by atoms with E-state index in [1.807, 2.05) is 72.8 Å². The number of nitrogens with one attached hydrogen (secondary N) is 1. The number of benzene rings is 2. The molecule has 3 N–H and O–H groups in total. The minimum Gasteiger partial charge on any atom is -0.457 e. The van der Waals surface area contributed by atoms with Crippen LogP contribution in [0, 0.1) is 0 Å². The van der Waals surface area contributed by atoms with E-state index in [0.717, 1.165) is 53.6 Å². The largest absolute Gasteiger partial charge is 0.457 e. The molecule has 0 amide bonds. The van der Waals surface area contributed by atoms with Crippen molar-refractivity contribution in [2.45, 2.75) is 18.9 Å². The molecular formula is C27H28N6O2. The first-order chi connectivity index (χ1) is 17.2. The molecule has 8 nitrogen and oxygen atoms in total. The molecule has 1 aliphatic rings. The average Bonchev–Trinajstić information content (AvgIpc) is 3.34. The van der Waals surface area contributed by atoms with Gasteiger partial charge >= 0.3 is 0 Å². The number of nitrogens with two attached hydrogens (primary N) is 1. The fourth-order valence-corrected chi connectivity index (χ4v) is 4.30. The topological polar surface area (TPSA) is 98.4 Å². The summed E-state index contributed by atoms with van der Waals surface area (Å²) in [7, 11) is 1.74. The molecule has 1 saturated heterocycles. The van der Waals surface area contributed by atoms with E-state index in [-0.39, 0.29) is 5.95 Å². The van der Waals surface area contributed by atoms with Crippen LogP contribution in [0.3, 0.4) is 0 Å². The highest BCUT2D eigenvalue weighted by molar-refractivity contribution is 5.67. The minimum absolute atomic E-state index is 0.216. The second-order valence-electron chi connectivity index (χ2n) is 8.41. The van der Waals surface area contributed by atoms with Gasteiger partial charge in [-0.1, -0.05) is 30.3 Å². The van der Waals surface area contributed by atoms with Crippen molar-refractivity contribution in [1.82, 2.24) is 15.0 Å². The van der Waals surface area contributed by atoms with Crippen LogP contribution in [0.25, 0.3) is 11.3 Å². The number of rotatable bonds is 8. The van der Waals surface area contributed by atoms with E-state index in [1.54, 1.807) is 13.3 Å². The van der Waals surface area contributed by atoms with Crippen molar-refractivity contribution in [3.8, 4) is 22.8 Å². The van der Waals surface area contributed by atoms with Crippen molar-refractivity contribution in [1.29, 1.82) is 0 Å². The average molecular weight is 469 g/mol. The van der Waals surface area contributed by atoms with Crippen LogP contribution in [0.2, 0.25) is 0 Å². The number of aromatic nitrogens is 3. The zero-order valence-electron chi connectivity index (χ0n) is 19.6. The van der Waals surface area contributed by atoms with Crippen molar-refractivity contribution in [2.75, 3.05) is 36.2 Å². The number of hydrogen-bond donors (Lipinski definition) is 2. The number of nitrogens with zero attached hydrogens (tertiary/aromatic N) is 4. The molecular weight excluding hydrogens is 440 g/mol. The number of ether oxygens (including phenoxy) is 2. The lowest BCUT2D eigenvalue weighted by atomic mass is 10.1. The van der Waals surface area contributed by atoms with Gasteiger partial charge in [-0.3, -0.25) is 0 Å². The van der Waals surface area contributed by atoms with Crippen molar-refractivity contribution in [3.05, 3.63) is 79.0 Å². The fraction of sp³-hybridized carbons (Fsp3) is 0.222. The molecule has 0 bridgehead atoms. The number of nitrogen functional groups attached to an aromatic ring is 1. The van der Waals surface area contributed by atoms with Gasteiger partial charge in [0, 0.05) is 43.2 Å². The van der Waals surface area contributed by atoms with Gasteiger partial charge in [0.15, 0.2) is 0 Å². The summed E-state index contributed by atoms with van der Waals surface area (Å²) >= 11 is 0. The van der Waals surface area contributed by atoms with Crippen LogP contribution in [-0.2, 0) is 4.74 Å². The highest BCUT2D eigenvalue weighted by atomic mass is 16.5. The Morgan fingerprint density at radius 3 is 2.63 bits per heavy atom. The van der Waals surface area contributed by atoms with Crippen LogP contribution >= 0.6 is 0 Å². The number of anilines is 4. The first-order valence-corrected chi connectivity index (χ1v) is 11.6. The molecule has 1 atom stereocenters. The SMILES string of the molecule is COC[C@@H]1CCCN1c1cc(Oc2ccc(Nc3cc(-c4ccccc4)nc(N)n3)cc2)ccn1. The normalized spacial score (nSPS) is 15.2. The van der Waals surface area contributed by atoms with E-state index >= 15 is 0 Å². The Hall–Kier alpha value is -4.17. The lowest BCUT2D eigenvalue weighted by Crippen LogP contribution is -2.33. The first-order valence-electron chi connectivity index (χ1n) is 11.6. The van der Waals surface area contributed by atoms with Gasteiger partial charge in [-0.2, -0.15) is 4.98 Å². The van der Waals surface area contributed by atoms with E-state index in [0.29, 0.717) is 18.5 Å². The molecule has 5 rings (SSSR count). The number of methoxy groups -OCH3 is 1. The Labute approximate surface area is 204 Å². The summed E-state index contributed by atoms with van der Waals surface area (Å²) in [6, 6.07) is 23.7. The van der Waals surface area contributed by atoms with Crippen molar-refractivity contribution in [2.24, 2.45) is 0 Å². The Morgan fingerprint density at radius 1 is 1.00 bits per heavy atom. The molecule has 0 unspecified atom stereocenters. The van der Waals surface area contributed by atoms with Gasteiger partial charge in [-0.25, -0.2) is 9.97 Å². The number of hydrogen-bond acceptors (Lipinski definition) is 8. The van der Waals surface area contributed by atoms with E-state index < -0.39 is 0 Å². The lowest BCUT2D eigenvalue weighted by molar-refractivity contribution is 0.180. The standard InChI is InChI=1S/C27H28N6O2/c1-34-18-21-8-5-15-33(21)26-16-23(13-14-29-26)35-22-11-9-20(10-12-22)30-25-17-24(31-27(28)32-25)19-6-3-2-4-7-19/h2-4,6-7,9-14,16-17,21H,5,8,15,18H2,1H3,(H3,28,30,31,32)/t21-/m0/s1. The van der Waals surface area contributed by atoms with E-state index in [9.17, 15) is 0 Å². The van der Waals surface area contributed by atoms with Crippen LogP contribution in [-0.4, -0.2) is 41.3 Å². The summed E-state index contributed by atoms with van der Waals surface area (Å²) in [5.74, 6) is 3.23. The Kier molecular flexibility index (Phi) is 6.72. The third kappa shape index (κ3) is 5.50. The van der Waals surface area contributed by atoms with Crippen LogP contribution in [0.4, 0.5) is 23.3 Å². The molecule has 1 fully saturated rings. The maximum atomic E-state index is 6.10. The molecule has 0 saturated carbocycles. The fourth-order valence-electron chi connectivity index (χ4n) is 4.30. The van der Waals surface area contributed by atoms with E-state index in [4.69, 9.17) is 15.2 Å². The summed E-state index contributed by atoms with van der Waals surface area (Å²) in [5.41, 5.74) is 8.55. The highest BCUT2D eigenvalue weighted by Crippen LogP contribution is 2.30. The summed E-state index contributed by atoms with van der Waals surface area (Å²) in [5, 5.41) is 3.29. The quantitative estimate of drug-likeness (QED) is 0.361. The lowest BCUT2D eigenvalue weighted by Gasteiger charge is -2.25. The molecule has 178 valence electrons. The van der Waals surface area contributed by atoms with Crippen molar-refractivity contribution < 1.29 is 9.47 Å². The molecule has 2 aromatic heterocycles. The van der Waals surface area contributed by atoms with Gasteiger partial charge in [0.25, 0.3) is 0 Å². The molecule has 0 radical (unpaired) electrons. The van der Waals surface area contributed by atoms with Crippen molar-refractivity contribution >= 4 is 23.3 Å². The molecule has 4 aromatic rings. The maximum Gasteiger partial charge on any atom is 0.222 e. The zero-order chi connectivity index (χ0) is 24.0. The van der Waals surface area contributed by atoms with E-state index in [2.05, 4.69) is 25.2 Å². The van der Waals surface area contributed by atoms with Gasteiger partial charge in [-0.15, -0.1) is 0 Å². The smallest absolute Gasteiger partial charge is 0.222 e. The molecule has 1 aliphatic heterocycles. The zero-order valence-corrected chi connectivity index (χ0v) is 19.6. The first kappa shape index (κ1) is 22.6. The van der Waals surface area contributed by atoms with Gasteiger partial charge in [-0.05, 0) is 43.2 Å². The monoisotopic (exact) mass is 468 g/mol. The van der Waals surface area contributed by atoms with Gasteiger partial charge in [0.1, 0.15) is 23.1 Å². The van der Waals surface area contributed by atoms with Gasteiger partial charge < -0.3 is 25.4 Å². The summed E-state index contributed by atoms with van der Waals surface area (Å²) in [4.78, 5) is 15.5. The Morgan fingerprint density at radius 2 is 1.83 bits per heavy atom. The van der Waals surface area contributed by atoms with Crippen LogP contribution in [0.5, 0.6) is 11.5 Å². The summed E-state index contributed by atoms with van der Waals surface area (Å²) in [6.45, 7) is 1.68. The van der Waals surface area contributed by atoms with Crippen LogP contribution < -0.4 is 20.7 Å². The molecule has 0 spiro atoms. The predicted octanol–water partition coefficient (Wildman–Crippen LogP) is 5.27. The molecule has 3 heterocycles. The third-order valence-corrected chi connectivity index (χ3v) is 5.92. The minimum atomic E-state index is 0.216. The summed E-state index contributed by atoms with van der Waals surface area (Å²) < 4.78 is 11.5. The molecule has 35 heavy (non-hydrogen) atoms. The van der Waals surface area contributed by atoms with Gasteiger partial charge in [0.2, 0.25) is 5.95 Å². The molecule has 2 aromatic carbocycles. The van der Waals surface area contributed by atoms with Crippen LogP contribution in [0.1, 0.15) is 12.8 Å².